The molecule has 0 atom stereocenters. The number of aromatic nitrogens is 1. The molecule has 4 rings (SSSR count). The second-order valence-electron chi connectivity index (χ2n) is 5.88. The molecule has 0 bridgehead atoms. The van der Waals surface area contributed by atoms with Crippen LogP contribution >= 0.6 is 22.9 Å². The molecule has 3 aromatic carbocycles. The monoisotopic (exact) mass is 382 g/mol. The number of anilines is 1. The summed E-state index contributed by atoms with van der Waals surface area (Å²) in [6, 6.07) is 17.5. The molecule has 0 saturated carbocycles. The van der Waals surface area contributed by atoms with Crippen LogP contribution in [0.5, 0.6) is 5.75 Å². The largest absolute Gasteiger partial charge is 0.484 e. The van der Waals surface area contributed by atoms with Gasteiger partial charge in [0.05, 0.1) is 10.2 Å². The van der Waals surface area contributed by atoms with Crippen molar-refractivity contribution in [1.29, 1.82) is 0 Å². The number of hydrogen-bond donors (Lipinski definition) is 1. The van der Waals surface area contributed by atoms with E-state index < -0.39 is 0 Å². The van der Waals surface area contributed by atoms with Crippen LogP contribution in [-0.4, -0.2) is 17.5 Å². The number of benzene rings is 3. The molecule has 0 saturated heterocycles. The molecule has 26 heavy (non-hydrogen) atoms. The first-order chi connectivity index (χ1) is 12.6. The number of rotatable bonds is 4. The van der Waals surface area contributed by atoms with Gasteiger partial charge >= 0.3 is 0 Å². The number of carbonyl (C=O) groups is 1. The summed E-state index contributed by atoms with van der Waals surface area (Å²) in [4.78, 5) is 16.6. The maximum atomic E-state index is 12.2. The number of carbonyl (C=O) groups excluding carboxylic acids is 1. The van der Waals surface area contributed by atoms with Crippen molar-refractivity contribution in [2.45, 2.75) is 6.92 Å². The van der Waals surface area contributed by atoms with Gasteiger partial charge in [-0.25, -0.2) is 4.98 Å². The second-order valence-corrected chi connectivity index (χ2v) is 7.32. The van der Waals surface area contributed by atoms with Gasteiger partial charge in [0.15, 0.2) is 11.7 Å². The van der Waals surface area contributed by atoms with Crippen LogP contribution in [0.4, 0.5) is 5.13 Å². The Morgan fingerprint density at radius 2 is 1.96 bits per heavy atom. The normalized spacial score (nSPS) is 11.0. The van der Waals surface area contributed by atoms with Crippen LogP contribution in [0.3, 0.4) is 0 Å². The first kappa shape index (κ1) is 16.8. The minimum absolute atomic E-state index is 0.0754. The van der Waals surface area contributed by atoms with Crippen LogP contribution in [0.25, 0.3) is 21.0 Å². The summed E-state index contributed by atoms with van der Waals surface area (Å²) in [6.45, 7) is 1.84. The Labute approximate surface area is 159 Å². The van der Waals surface area contributed by atoms with Gasteiger partial charge < -0.3 is 4.74 Å². The topological polar surface area (TPSA) is 51.2 Å². The molecule has 6 heteroatoms. The van der Waals surface area contributed by atoms with E-state index in [1.807, 2.05) is 61.5 Å². The minimum Gasteiger partial charge on any atom is -0.484 e. The predicted octanol–water partition coefficient (Wildman–Crippen LogP) is 5.43. The molecule has 4 nitrogen and oxygen atoms in total. The van der Waals surface area contributed by atoms with E-state index in [-0.39, 0.29) is 12.5 Å². The molecule has 0 aliphatic heterocycles. The molecule has 4 aromatic rings. The highest BCUT2D eigenvalue weighted by molar-refractivity contribution is 7.22. The average Bonchev–Trinajstić information content (AvgIpc) is 3.06. The van der Waals surface area contributed by atoms with Crippen LogP contribution in [0.15, 0.2) is 54.6 Å². The van der Waals surface area contributed by atoms with Crippen molar-refractivity contribution in [2.24, 2.45) is 0 Å². The highest BCUT2D eigenvalue weighted by Crippen LogP contribution is 2.31. The van der Waals surface area contributed by atoms with E-state index in [2.05, 4.69) is 10.3 Å². The Hall–Kier alpha value is -2.63. The van der Waals surface area contributed by atoms with Gasteiger partial charge in [-0.15, -0.1) is 0 Å². The molecular weight excluding hydrogens is 368 g/mol. The van der Waals surface area contributed by atoms with Crippen LogP contribution < -0.4 is 10.1 Å². The lowest BCUT2D eigenvalue weighted by atomic mass is 10.1. The summed E-state index contributed by atoms with van der Waals surface area (Å²) in [5, 5.41) is 6.20. The SMILES string of the molecule is Cc1c(Cl)ccc2sc(NC(=O)COc3ccc4ccccc4c3)nc12. The molecule has 1 amide bonds. The summed E-state index contributed by atoms with van der Waals surface area (Å²) in [5.74, 6) is 0.409. The highest BCUT2D eigenvalue weighted by atomic mass is 35.5. The number of fused-ring (bicyclic) bond motifs is 2. The van der Waals surface area contributed by atoms with Crippen LogP contribution in [-0.2, 0) is 4.79 Å². The zero-order chi connectivity index (χ0) is 18.1. The zero-order valence-corrected chi connectivity index (χ0v) is 15.5. The van der Waals surface area contributed by atoms with Crippen molar-refractivity contribution in [3.05, 3.63) is 65.2 Å². The molecule has 0 fully saturated rings. The van der Waals surface area contributed by atoms with Gasteiger partial charge in [0.25, 0.3) is 5.91 Å². The lowest BCUT2D eigenvalue weighted by Gasteiger charge is -2.07. The minimum atomic E-state index is -0.249. The third kappa shape index (κ3) is 3.36. The molecular formula is C20H15ClN2O2S. The van der Waals surface area contributed by atoms with Crippen LogP contribution in [0, 0.1) is 6.92 Å². The molecule has 0 spiro atoms. The highest BCUT2D eigenvalue weighted by Gasteiger charge is 2.11. The number of ether oxygens (including phenoxy) is 1. The number of halogens is 1. The third-order valence-corrected chi connectivity index (χ3v) is 5.43. The fourth-order valence-electron chi connectivity index (χ4n) is 2.72. The summed E-state index contributed by atoms with van der Waals surface area (Å²) < 4.78 is 6.59. The maximum absolute atomic E-state index is 12.2. The summed E-state index contributed by atoms with van der Waals surface area (Å²) in [6.07, 6.45) is 0. The molecule has 1 aromatic heterocycles. The standard InChI is InChI=1S/C20H15ClN2O2S/c1-12-16(21)8-9-17-19(12)23-20(26-17)22-18(24)11-25-15-7-6-13-4-2-3-5-14(13)10-15/h2-10H,11H2,1H3,(H,22,23,24). The van der Waals surface area contributed by atoms with E-state index in [4.69, 9.17) is 16.3 Å². The molecule has 1 heterocycles. The third-order valence-electron chi connectivity index (χ3n) is 4.09. The number of aryl methyl sites for hydroxylation is 1. The molecule has 0 aliphatic rings. The lowest BCUT2D eigenvalue weighted by Crippen LogP contribution is -2.20. The zero-order valence-electron chi connectivity index (χ0n) is 14.0. The average molecular weight is 383 g/mol. The number of amides is 1. The Balaban J connectivity index is 1.44. The van der Waals surface area contributed by atoms with E-state index in [9.17, 15) is 4.79 Å². The van der Waals surface area contributed by atoms with Crippen molar-refractivity contribution in [2.75, 3.05) is 11.9 Å². The van der Waals surface area contributed by atoms with Gasteiger partial charge in [-0.3, -0.25) is 10.1 Å². The van der Waals surface area contributed by atoms with Crippen molar-refractivity contribution < 1.29 is 9.53 Å². The first-order valence-corrected chi connectivity index (χ1v) is 9.27. The number of nitrogens with one attached hydrogen (secondary N) is 1. The number of thiazole rings is 1. The number of nitrogens with zero attached hydrogens (tertiary/aromatic N) is 1. The molecule has 0 radical (unpaired) electrons. The molecule has 130 valence electrons. The fourth-order valence-corrected chi connectivity index (χ4v) is 3.81. The van der Waals surface area contributed by atoms with Crippen molar-refractivity contribution in [3.63, 3.8) is 0 Å². The van der Waals surface area contributed by atoms with E-state index >= 15 is 0 Å². The second kappa shape index (κ2) is 6.94. The Morgan fingerprint density at radius 3 is 2.81 bits per heavy atom. The van der Waals surface area contributed by atoms with Crippen molar-refractivity contribution in [1.82, 2.24) is 4.98 Å². The van der Waals surface area contributed by atoms with Crippen LogP contribution in [0.2, 0.25) is 5.02 Å². The summed E-state index contributed by atoms with van der Waals surface area (Å²) in [5.41, 5.74) is 1.72. The Bertz CT molecular complexity index is 1120. The first-order valence-electron chi connectivity index (χ1n) is 8.07. The molecule has 0 unspecified atom stereocenters. The van der Waals surface area contributed by atoms with Gasteiger partial charge in [0.2, 0.25) is 0 Å². The van der Waals surface area contributed by atoms with Gasteiger partial charge in [-0.05, 0) is 47.5 Å². The van der Waals surface area contributed by atoms with Crippen molar-refractivity contribution in [3.8, 4) is 5.75 Å². The van der Waals surface area contributed by atoms with E-state index in [0.29, 0.717) is 15.9 Å². The maximum Gasteiger partial charge on any atom is 0.264 e. The summed E-state index contributed by atoms with van der Waals surface area (Å²) in [7, 11) is 0. The van der Waals surface area contributed by atoms with Crippen LogP contribution in [0.1, 0.15) is 5.56 Å². The Kier molecular flexibility index (Phi) is 4.49. The number of hydrogen-bond acceptors (Lipinski definition) is 4. The quantitative estimate of drug-likeness (QED) is 0.512. The van der Waals surface area contributed by atoms with E-state index in [1.165, 1.54) is 11.3 Å². The van der Waals surface area contributed by atoms with Gasteiger partial charge in [-0.2, -0.15) is 0 Å². The van der Waals surface area contributed by atoms with E-state index in [0.717, 1.165) is 26.6 Å². The van der Waals surface area contributed by atoms with Gasteiger partial charge in [-0.1, -0.05) is 53.3 Å². The smallest absolute Gasteiger partial charge is 0.264 e. The fraction of sp³-hybridized carbons (Fsp3) is 0.100. The summed E-state index contributed by atoms with van der Waals surface area (Å²) >= 11 is 7.53. The van der Waals surface area contributed by atoms with Crippen molar-refractivity contribution >= 4 is 55.0 Å². The van der Waals surface area contributed by atoms with Gasteiger partial charge in [0, 0.05) is 5.02 Å². The molecule has 1 N–H and O–H groups in total. The van der Waals surface area contributed by atoms with Gasteiger partial charge in [0.1, 0.15) is 5.75 Å². The van der Waals surface area contributed by atoms with E-state index in [1.54, 1.807) is 0 Å². The predicted molar refractivity (Wildman–Crippen MR) is 107 cm³/mol. The lowest BCUT2D eigenvalue weighted by molar-refractivity contribution is -0.118. The Morgan fingerprint density at radius 1 is 1.15 bits per heavy atom. The molecule has 0 aliphatic carbocycles.